The molecule has 0 heterocycles. The molecule has 74 heavy (non-hydrogen) atoms. The van der Waals surface area contributed by atoms with Crippen molar-refractivity contribution in [2.24, 2.45) is 0 Å². The average Bonchev–Trinajstić information content (AvgIpc) is 3.89. The molecule has 0 atom stereocenters. The van der Waals surface area contributed by atoms with Crippen LogP contribution in [0, 0.1) is 13.8 Å². The van der Waals surface area contributed by atoms with Gasteiger partial charge in [0.25, 0.3) is 0 Å². The molecule has 2 aliphatic rings. The predicted octanol–water partition coefficient (Wildman–Crippen LogP) is 21.5. The van der Waals surface area contributed by atoms with Gasteiger partial charge in [0.15, 0.2) is 0 Å². The third-order valence-electron chi connectivity index (χ3n) is 17.5. The molecule has 0 bridgehead atoms. The standard InChI is InChI=1S/C74H96/c1-7-11-15-19-23-27-31-59-37-45-63(46-38-59)73(64-47-39-60(40-48-64)32-28-24-20-16-12-8-2)69-55-57(5)35-53-67(69)72-71(73)68-54-36-58(6)56-70(68)74(72,65-49-41-61(42-50-65)33-29-25-21-17-13-9-3)66-51-43-62(44-52-66)34-30-26-22-18-14-10-4/h35-56H,7-34H2,1-6H3. The van der Waals surface area contributed by atoms with Gasteiger partial charge in [-0.15, -0.1) is 0 Å². The Morgan fingerprint density at radius 3 is 0.730 bits per heavy atom. The smallest absolute Gasteiger partial charge is 0.0654 e. The second-order valence-corrected chi connectivity index (χ2v) is 23.2. The molecule has 0 aromatic heterocycles. The number of fused-ring (bicyclic) bond motifs is 4. The summed E-state index contributed by atoms with van der Waals surface area (Å²) in [5, 5.41) is 0. The van der Waals surface area contributed by atoms with Crippen LogP contribution in [0.1, 0.15) is 260 Å². The molecule has 0 amide bonds. The van der Waals surface area contributed by atoms with Crippen LogP contribution in [0.25, 0.3) is 11.1 Å². The van der Waals surface area contributed by atoms with E-state index in [0.29, 0.717) is 0 Å². The molecule has 6 aromatic rings. The van der Waals surface area contributed by atoms with E-state index in [-0.39, 0.29) is 0 Å². The molecule has 0 aliphatic heterocycles. The monoisotopic (exact) mass is 985 g/mol. The van der Waals surface area contributed by atoms with Gasteiger partial charge in [0, 0.05) is 0 Å². The maximum Gasteiger partial charge on any atom is 0.0716 e. The first-order valence-corrected chi connectivity index (χ1v) is 30.8. The van der Waals surface area contributed by atoms with Crippen molar-refractivity contribution < 1.29 is 0 Å². The minimum atomic E-state index is -0.519. The molecule has 392 valence electrons. The van der Waals surface area contributed by atoms with Gasteiger partial charge in [-0.3, -0.25) is 0 Å². The van der Waals surface area contributed by atoms with Crippen LogP contribution >= 0.6 is 0 Å². The van der Waals surface area contributed by atoms with Crippen molar-refractivity contribution in [2.45, 2.75) is 232 Å². The van der Waals surface area contributed by atoms with Crippen LogP contribution in [0.15, 0.2) is 133 Å². The summed E-state index contributed by atoms with van der Waals surface area (Å²) in [6, 6.07) is 55.3. The van der Waals surface area contributed by atoms with E-state index in [1.165, 1.54) is 243 Å². The van der Waals surface area contributed by atoms with E-state index in [1.807, 2.05) is 0 Å². The Bertz CT molecular complexity index is 2340. The molecule has 0 radical (unpaired) electrons. The largest absolute Gasteiger partial charge is 0.0716 e. The maximum absolute atomic E-state index is 2.58. The van der Waals surface area contributed by atoms with Gasteiger partial charge in [0.2, 0.25) is 0 Å². The van der Waals surface area contributed by atoms with E-state index in [1.54, 1.807) is 0 Å². The number of hydrogen-bond donors (Lipinski definition) is 0. The van der Waals surface area contributed by atoms with E-state index in [0.717, 1.165) is 25.7 Å². The van der Waals surface area contributed by atoms with Crippen LogP contribution in [-0.2, 0) is 36.5 Å². The highest BCUT2D eigenvalue weighted by molar-refractivity contribution is 6.15. The van der Waals surface area contributed by atoms with Crippen LogP contribution < -0.4 is 0 Å². The lowest BCUT2D eigenvalue weighted by Gasteiger charge is -2.38. The second kappa shape index (κ2) is 27.7. The summed E-state index contributed by atoms with van der Waals surface area (Å²) in [4.78, 5) is 0. The van der Waals surface area contributed by atoms with Crippen molar-refractivity contribution in [3.8, 4) is 0 Å². The second-order valence-electron chi connectivity index (χ2n) is 23.2. The molecular weight excluding hydrogens is 889 g/mol. The van der Waals surface area contributed by atoms with Gasteiger partial charge >= 0.3 is 0 Å². The summed E-state index contributed by atoms with van der Waals surface area (Å²) >= 11 is 0. The van der Waals surface area contributed by atoms with Crippen molar-refractivity contribution in [3.63, 3.8) is 0 Å². The summed E-state index contributed by atoms with van der Waals surface area (Å²) < 4.78 is 0. The topological polar surface area (TPSA) is 0 Å². The molecule has 0 unspecified atom stereocenters. The van der Waals surface area contributed by atoms with Crippen molar-refractivity contribution in [1.82, 2.24) is 0 Å². The molecular formula is C74H96. The Morgan fingerprint density at radius 1 is 0.257 bits per heavy atom. The summed E-state index contributed by atoms with van der Waals surface area (Å²) in [5.41, 5.74) is 21.6. The van der Waals surface area contributed by atoms with Crippen LogP contribution in [0.5, 0.6) is 0 Å². The van der Waals surface area contributed by atoms with Gasteiger partial charge in [0.05, 0.1) is 10.8 Å². The number of unbranched alkanes of at least 4 members (excludes halogenated alkanes) is 20. The third-order valence-corrected chi connectivity index (χ3v) is 17.5. The molecule has 0 N–H and O–H groups in total. The van der Waals surface area contributed by atoms with Crippen LogP contribution in [-0.4, -0.2) is 0 Å². The zero-order valence-electron chi connectivity index (χ0n) is 47.5. The highest BCUT2D eigenvalue weighted by atomic mass is 14.6. The maximum atomic E-state index is 2.58. The van der Waals surface area contributed by atoms with Crippen molar-refractivity contribution >= 4 is 11.1 Å². The van der Waals surface area contributed by atoms with Gasteiger partial charge in [0.1, 0.15) is 0 Å². The fourth-order valence-electron chi connectivity index (χ4n) is 13.3. The Labute approximate surface area is 452 Å². The first-order valence-electron chi connectivity index (χ1n) is 30.8. The molecule has 2 aliphatic carbocycles. The molecule has 0 fully saturated rings. The van der Waals surface area contributed by atoms with E-state index in [2.05, 4.69) is 175 Å². The van der Waals surface area contributed by atoms with Crippen molar-refractivity contribution in [3.05, 3.63) is 211 Å². The summed E-state index contributed by atoms with van der Waals surface area (Å²) in [6.07, 6.45) is 36.4. The Hall–Kier alpha value is -4.94. The molecule has 0 nitrogen and oxygen atoms in total. The number of benzene rings is 6. The zero-order chi connectivity index (χ0) is 51.6. The molecule has 0 saturated heterocycles. The van der Waals surface area contributed by atoms with Crippen molar-refractivity contribution in [1.29, 1.82) is 0 Å². The molecule has 0 spiro atoms. The number of aryl methyl sites for hydroxylation is 6. The van der Waals surface area contributed by atoms with Crippen LogP contribution in [0.4, 0.5) is 0 Å². The molecule has 6 aromatic carbocycles. The summed E-state index contributed by atoms with van der Waals surface area (Å²) in [5.74, 6) is 0. The van der Waals surface area contributed by atoms with E-state index in [9.17, 15) is 0 Å². The minimum absolute atomic E-state index is 0.519. The van der Waals surface area contributed by atoms with Crippen molar-refractivity contribution in [2.75, 3.05) is 0 Å². The fraction of sp³-hybridized carbons (Fsp3) is 0.486. The summed E-state index contributed by atoms with van der Waals surface area (Å²) in [7, 11) is 0. The molecule has 8 rings (SSSR count). The van der Waals surface area contributed by atoms with E-state index in [4.69, 9.17) is 0 Å². The Kier molecular flexibility index (Phi) is 20.7. The van der Waals surface area contributed by atoms with Gasteiger partial charge in [-0.1, -0.05) is 301 Å². The SMILES string of the molecule is CCCCCCCCc1ccc(C2(c3ccc(CCCCCCCC)cc3)C3=C(c4ccc(C)cc42)C(c2ccc(CCCCCCCC)cc2)(c2ccc(CCCCCCCC)cc2)c2cc(C)ccc23)cc1. The first-order chi connectivity index (χ1) is 36.4. The normalized spacial score (nSPS) is 14.1. The predicted molar refractivity (Wildman–Crippen MR) is 323 cm³/mol. The first kappa shape index (κ1) is 55.3. The number of hydrogen-bond acceptors (Lipinski definition) is 0. The lowest BCUT2D eigenvalue weighted by molar-refractivity contribution is 0.607. The lowest BCUT2D eigenvalue weighted by atomic mass is 9.63. The highest BCUT2D eigenvalue weighted by Crippen LogP contribution is 2.69. The lowest BCUT2D eigenvalue weighted by Crippen LogP contribution is -2.31. The van der Waals surface area contributed by atoms with Gasteiger partial charge in [-0.05, 0) is 143 Å². The van der Waals surface area contributed by atoms with Gasteiger partial charge in [-0.2, -0.15) is 0 Å². The van der Waals surface area contributed by atoms with Gasteiger partial charge in [-0.25, -0.2) is 0 Å². The van der Waals surface area contributed by atoms with Crippen LogP contribution in [0.2, 0.25) is 0 Å². The Balaban J connectivity index is 1.31. The van der Waals surface area contributed by atoms with E-state index >= 15 is 0 Å². The number of rotatable bonds is 32. The average molecular weight is 986 g/mol. The van der Waals surface area contributed by atoms with Gasteiger partial charge < -0.3 is 0 Å². The highest BCUT2D eigenvalue weighted by Gasteiger charge is 2.59. The Morgan fingerprint density at radius 2 is 0.486 bits per heavy atom. The fourth-order valence-corrected chi connectivity index (χ4v) is 13.3. The van der Waals surface area contributed by atoms with E-state index < -0.39 is 10.8 Å². The number of allylic oxidation sites excluding steroid dienone is 2. The molecule has 0 heteroatoms. The molecule has 0 saturated carbocycles. The zero-order valence-corrected chi connectivity index (χ0v) is 47.5. The third kappa shape index (κ3) is 12.5. The minimum Gasteiger partial charge on any atom is -0.0654 e. The quantitative estimate of drug-likeness (QED) is 0.0370. The summed E-state index contributed by atoms with van der Waals surface area (Å²) in [6.45, 7) is 13.9. The van der Waals surface area contributed by atoms with Crippen LogP contribution in [0.3, 0.4) is 0 Å².